The molecule has 6 heterocycles. The van der Waals surface area contributed by atoms with Gasteiger partial charge in [-0.3, -0.25) is 29.5 Å². The number of amides is 2. The SMILES string of the molecule is C.C.Fc1cc(Cl)ccc1CBr.N#CC1(Cc2ccc(Cl)cc2F)CCN(C(=O)c2cccnc2-c2ccncc2)CC1.N#CC1CCN(C(=O)c2cccnc2-c2ccncc2)CC1. The maximum atomic E-state index is 14.3. The summed E-state index contributed by atoms with van der Waals surface area (Å²) in [6.07, 6.45) is 12.8. The average molecular weight is 983 g/mol. The predicted molar refractivity (Wildman–Crippen MR) is 255 cm³/mol. The Labute approximate surface area is 398 Å². The van der Waals surface area contributed by atoms with Crippen LogP contribution in [0.3, 0.4) is 0 Å². The lowest BCUT2D eigenvalue weighted by Crippen LogP contribution is -2.43. The molecule has 0 spiro atoms. The summed E-state index contributed by atoms with van der Waals surface area (Å²) in [5.74, 6) is -0.736. The van der Waals surface area contributed by atoms with E-state index in [1.165, 1.54) is 12.1 Å². The number of carbonyl (C=O) groups excluding carboxylic acids is 2. The quantitative estimate of drug-likeness (QED) is 0.144. The van der Waals surface area contributed by atoms with E-state index in [0.29, 0.717) is 94.5 Å². The van der Waals surface area contributed by atoms with Crippen molar-refractivity contribution < 1.29 is 18.4 Å². The van der Waals surface area contributed by atoms with Crippen LogP contribution in [0.5, 0.6) is 0 Å². The molecule has 0 radical (unpaired) electrons. The van der Waals surface area contributed by atoms with Crippen molar-refractivity contribution in [3.05, 3.63) is 166 Å². The number of likely N-dealkylation sites (tertiary alicyclic amines) is 2. The molecule has 65 heavy (non-hydrogen) atoms. The number of piperidine rings is 2. The molecule has 0 saturated carbocycles. The van der Waals surface area contributed by atoms with Gasteiger partial charge in [-0.1, -0.05) is 66.1 Å². The normalized spacial score (nSPS) is 14.0. The number of pyridine rings is 4. The van der Waals surface area contributed by atoms with Crippen molar-refractivity contribution in [3.8, 4) is 34.7 Å². The largest absolute Gasteiger partial charge is 0.338 e. The van der Waals surface area contributed by atoms with Gasteiger partial charge in [0.05, 0.1) is 40.1 Å². The Morgan fingerprint density at radius 3 is 1.54 bits per heavy atom. The first kappa shape index (κ1) is 51.5. The van der Waals surface area contributed by atoms with E-state index in [1.807, 2.05) is 35.2 Å². The summed E-state index contributed by atoms with van der Waals surface area (Å²) in [7, 11) is 0. The lowest BCUT2D eigenvalue weighted by Gasteiger charge is -2.37. The molecule has 2 aromatic carbocycles. The van der Waals surface area contributed by atoms with E-state index < -0.39 is 11.2 Å². The number of hydrogen-bond donors (Lipinski definition) is 0. The molecule has 2 saturated heterocycles. The molecule has 0 atom stereocenters. The number of aromatic nitrogens is 4. The van der Waals surface area contributed by atoms with Gasteiger partial charge in [0.2, 0.25) is 0 Å². The first-order valence-electron chi connectivity index (χ1n) is 20.1. The molecule has 0 aliphatic carbocycles. The Morgan fingerprint density at radius 2 is 1.12 bits per heavy atom. The van der Waals surface area contributed by atoms with Crippen molar-refractivity contribution >= 4 is 50.9 Å². The van der Waals surface area contributed by atoms with Gasteiger partial charge < -0.3 is 9.80 Å². The Balaban J connectivity index is 0.000000237. The molecule has 2 aliphatic heterocycles. The highest BCUT2D eigenvalue weighted by Crippen LogP contribution is 2.36. The summed E-state index contributed by atoms with van der Waals surface area (Å²) >= 11 is 14.5. The van der Waals surface area contributed by atoms with Crippen LogP contribution in [0.25, 0.3) is 22.5 Å². The highest BCUT2D eigenvalue weighted by atomic mass is 79.9. The Hall–Kier alpha value is -6.12. The van der Waals surface area contributed by atoms with Gasteiger partial charge in [0.15, 0.2) is 0 Å². The Bertz CT molecular complexity index is 2600. The molecule has 0 bridgehead atoms. The van der Waals surface area contributed by atoms with Gasteiger partial charge in [-0.25, -0.2) is 8.78 Å². The summed E-state index contributed by atoms with van der Waals surface area (Å²) in [5, 5.41) is 20.1. The van der Waals surface area contributed by atoms with Crippen LogP contribution >= 0.6 is 39.1 Å². The van der Waals surface area contributed by atoms with Crippen LogP contribution in [0.2, 0.25) is 10.0 Å². The van der Waals surface area contributed by atoms with Gasteiger partial charge in [0.25, 0.3) is 11.8 Å². The average Bonchev–Trinajstić information content (AvgIpc) is 3.33. The summed E-state index contributed by atoms with van der Waals surface area (Å²) in [6.45, 7) is 2.10. The number of nitriles is 2. The second-order valence-electron chi connectivity index (χ2n) is 14.9. The molecular formula is C50H49BrCl2F2N8O2. The number of benzene rings is 2. The molecule has 8 rings (SSSR count). The fraction of sp³-hybridized carbons (Fsp3) is 0.280. The van der Waals surface area contributed by atoms with Gasteiger partial charge in [-0.05, 0) is 116 Å². The maximum Gasteiger partial charge on any atom is 0.256 e. The van der Waals surface area contributed by atoms with Crippen LogP contribution < -0.4 is 0 Å². The first-order chi connectivity index (χ1) is 30.5. The third kappa shape index (κ3) is 13.5. The van der Waals surface area contributed by atoms with Crippen LogP contribution in [0, 0.1) is 45.6 Å². The van der Waals surface area contributed by atoms with Crippen LogP contribution in [0.15, 0.2) is 122 Å². The van der Waals surface area contributed by atoms with E-state index in [1.54, 1.807) is 84.5 Å². The lowest BCUT2D eigenvalue weighted by atomic mass is 9.75. The van der Waals surface area contributed by atoms with Crippen molar-refractivity contribution in [1.82, 2.24) is 29.7 Å². The van der Waals surface area contributed by atoms with Gasteiger partial charge in [0.1, 0.15) is 11.6 Å². The highest BCUT2D eigenvalue weighted by molar-refractivity contribution is 9.08. The number of nitrogens with zero attached hydrogens (tertiary/aromatic N) is 8. The minimum absolute atomic E-state index is 0. The van der Waals surface area contributed by atoms with Gasteiger partial charge in [-0.2, -0.15) is 10.5 Å². The van der Waals surface area contributed by atoms with E-state index in [4.69, 9.17) is 28.5 Å². The third-order valence-electron chi connectivity index (χ3n) is 10.9. The number of alkyl halides is 1. The summed E-state index contributed by atoms with van der Waals surface area (Å²) in [5.41, 5.74) is 4.49. The maximum absolute atomic E-state index is 14.3. The van der Waals surface area contributed by atoms with Crippen LogP contribution in [0.4, 0.5) is 8.78 Å². The Kier molecular flexibility index (Phi) is 19.7. The van der Waals surface area contributed by atoms with Crippen LogP contribution in [-0.2, 0) is 11.8 Å². The van der Waals surface area contributed by atoms with Gasteiger partial charge in [0, 0.05) is 95.8 Å². The van der Waals surface area contributed by atoms with Crippen LogP contribution in [0.1, 0.15) is 72.4 Å². The van der Waals surface area contributed by atoms with Crippen molar-refractivity contribution in [1.29, 1.82) is 10.5 Å². The first-order valence-corrected chi connectivity index (χ1v) is 22.0. The van der Waals surface area contributed by atoms with Crippen molar-refractivity contribution in [2.24, 2.45) is 11.3 Å². The third-order valence-corrected chi connectivity index (χ3v) is 12.0. The summed E-state index contributed by atoms with van der Waals surface area (Å²) in [4.78, 5) is 46.4. The number of rotatable bonds is 7. The van der Waals surface area contributed by atoms with E-state index in [2.05, 4.69) is 48.0 Å². The van der Waals surface area contributed by atoms with Gasteiger partial charge >= 0.3 is 0 Å². The molecule has 0 N–H and O–H groups in total. The van der Waals surface area contributed by atoms with Crippen molar-refractivity contribution in [2.45, 2.75) is 52.3 Å². The predicted octanol–water partition coefficient (Wildman–Crippen LogP) is 12.1. The topological polar surface area (TPSA) is 140 Å². The minimum atomic E-state index is -0.714. The fourth-order valence-corrected chi connectivity index (χ4v) is 8.09. The fourth-order valence-electron chi connectivity index (χ4n) is 7.31. The number of halogens is 5. The summed E-state index contributed by atoms with van der Waals surface area (Å²) in [6, 6.07) is 28.2. The smallest absolute Gasteiger partial charge is 0.256 e. The molecule has 10 nitrogen and oxygen atoms in total. The van der Waals surface area contributed by atoms with E-state index in [-0.39, 0.29) is 38.4 Å². The second kappa shape index (κ2) is 24.8. The van der Waals surface area contributed by atoms with Gasteiger partial charge in [-0.15, -0.1) is 0 Å². The molecule has 2 aliphatic rings. The molecule has 2 amide bonds. The van der Waals surface area contributed by atoms with E-state index in [9.17, 15) is 23.6 Å². The molecule has 15 heteroatoms. The zero-order valence-corrected chi connectivity index (χ0v) is 37.1. The molecule has 4 aromatic heterocycles. The summed E-state index contributed by atoms with van der Waals surface area (Å²) < 4.78 is 27.0. The molecule has 6 aromatic rings. The highest BCUT2D eigenvalue weighted by Gasteiger charge is 2.37. The standard InChI is InChI=1S/C24H20ClFN4O.C17H16N4O.C7H5BrClF.2CH4/c25-19-4-3-18(21(26)14-19)15-24(16-27)7-12-30(13-8-24)23(31)20-2-1-9-29-22(20)17-5-10-28-11-6-17;18-12-13-5-10-21(11-6-13)17(22)15-2-1-7-20-16(15)14-3-8-19-9-4-14;8-4-5-1-2-6(9)3-7(5)10;;/h1-6,9-11,14H,7-8,12-13,15H2;1-4,7-9,13H,5-6,10-11H2;1-3H,4H2;2*1H4. The lowest BCUT2D eigenvalue weighted by molar-refractivity contribution is 0.0646. The zero-order valence-electron chi connectivity index (χ0n) is 34.0. The van der Waals surface area contributed by atoms with E-state index in [0.717, 1.165) is 24.0 Å². The Morgan fingerprint density at radius 1 is 0.677 bits per heavy atom. The minimum Gasteiger partial charge on any atom is -0.338 e. The molecule has 336 valence electrons. The van der Waals surface area contributed by atoms with Crippen molar-refractivity contribution in [3.63, 3.8) is 0 Å². The van der Waals surface area contributed by atoms with Crippen molar-refractivity contribution in [2.75, 3.05) is 26.2 Å². The number of carbonyl (C=O) groups is 2. The number of hydrogen-bond acceptors (Lipinski definition) is 8. The molecule has 0 unspecified atom stereocenters. The second-order valence-corrected chi connectivity index (χ2v) is 16.4. The molecule has 2 fully saturated rings. The monoisotopic (exact) mass is 980 g/mol. The van der Waals surface area contributed by atoms with Crippen LogP contribution in [-0.4, -0.2) is 67.7 Å². The van der Waals surface area contributed by atoms with E-state index >= 15 is 0 Å². The zero-order chi connectivity index (χ0) is 44.8. The molecular weight excluding hydrogens is 933 g/mol.